The van der Waals surface area contributed by atoms with Crippen molar-refractivity contribution >= 4 is 6.03 Å². The molecule has 1 aliphatic heterocycles. The molecule has 1 fully saturated rings. The van der Waals surface area contributed by atoms with Crippen LogP contribution in [0, 0.1) is 0 Å². The molecule has 0 saturated carbocycles. The zero-order valence-electron chi connectivity index (χ0n) is 10.2. The van der Waals surface area contributed by atoms with Crippen molar-refractivity contribution in [3.63, 3.8) is 0 Å². The van der Waals surface area contributed by atoms with E-state index in [4.69, 9.17) is 5.73 Å². The lowest BCUT2D eigenvalue weighted by Crippen LogP contribution is -2.28. The Hall–Kier alpha value is -1.62. The highest BCUT2D eigenvalue weighted by Gasteiger charge is 2.03. The topological polar surface area (TPSA) is 71.2 Å². The Bertz CT molecular complexity index is 323. The molecule has 0 radical (unpaired) electrons. The Morgan fingerprint density at radius 1 is 1.41 bits per heavy atom. The highest BCUT2D eigenvalue weighted by molar-refractivity contribution is 5.71. The fraction of sp³-hybridized carbons (Fsp3) is 0.500. The number of urea groups is 1. The van der Waals surface area contributed by atoms with E-state index in [2.05, 4.69) is 22.2 Å². The summed E-state index contributed by atoms with van der Waals surface area (Å²) in [5.74, 6) is 0. The molecule has 0 atom stereocenters. The second-order valence-electron chi connectivity index (χ2n) is 4.08. The SMILES string of the molecule is CN1CCCC1.NC(=O)NCc1ccncc1. The first kappa shape index (κ1) is 13.4. The van der Waals surface area contributed by atoms with Gasteiger partial charge in [0.15, 0.2) is 0 Å². The standard InChI is InChI=1S/C7H9N3O.C5H11N/c8-7(11)10-5-6-1-3-9-4-2-6;1-6-4-2-3-5-6/h1-4H,5H2,(H3,8,10,11);2-5H2,1H3. The summed E-state index contributed by atoms with van der Waals surface area (Å²) in [5.41, 5.74) is 5.86. The van der Waals surface area contributed by atoms with Gasteiger partial charge in [-0.25, -0.2) is 4.79 Å². The Labute approximate surface area is 102 Å². The van der Waals surface area contributed by atoms with Gasteiger partial charge in [0.25, 0.3) is 0 Å². The van der Waals surface area contributed by atoms with Gasteiger partial charge in [-0.05, 0) is 50.7 Å². The zero-order chi connectivity index (χ0) is 12.5. The molecule has 1 aromatic rings. The number of pyridine rings is 1. The van der Waals surface area contributed by atoms with Crippen molar-refractivity contribution in [3.05, 3.63) is 30.1 Å². The third-order valence-corrected chi connectivity index (χ3v) is 2.55. The van der Waals surface area contributed by atoms with Crippen LogP contribution in [0.4, 0.5) is 4.79 Å². The van der Waals surface area contributed by atoms with Crippen LogP contribution in [0.5, 0.6) is 0 Å². The molecule has 1 aromatic heterocycles. The van der Waals surface area contributed by atoms with Gasteiger partial charge in [0.05, 0.1) is 0 Å². The summed E-state index contributed by atoms with van der Waals surface area (Å²) >= 11 is 0. The van der Waals surface area contributed by atoms with Crippen molar-refractivity contribution in [3.8, 4) is 0 Å². The van der Waals surface area contributed by atoms with E-state index in [1.165, 1.54) is 25.9 Å². The van der Waals surface area contributed by atoms with E-state index in [-0.39, 0.29) is 0 Å². The molecule has 1 aliphatic rings. The molecular formula is C12H20N4O. The summed E-state index contributed by atoms with van der Waals surface area (Å²) < 4.78 is 0. The van der Waals surface area contributed by atoms with Gasteiger partial charge in [-0.1, -0.05) is 0 Å². The number of rotatable bonds is 2. The van der Waals surface area contributed by atoms with Gasteiger partial charge >= 0.3 is 6.03 Å². The molecule has 0 spiro atoms. The number of hydrogen-bond acceptors (Lipinski definition) is 3. The molecule has 0 aromatic carbocycles. The number of nitrogens with zero attached hydrogens (tertiary/aromatic N) is 2. The quantitative estimate of drug-likeness (QED) is 0.803. The monoisotopic (exact) mass is 236 g/mol. The zero-order valence-corrected chi connectivity index (χ0v) is 10.2. The summed E-state index contributed by atoms with van der Waals surface area (Å²) in [6.45, 7) is 3.10. The maximum absolute atomic E-state index is 10.3. The molecule has 17 heavy (non-hydrogen) atoms. The molecule has 1 saturated heterocycles. The number of likely N-dealkylation sites (tertiary alicyclic amines) is 1. The maximum Gasteiger partial charge on any atom is 0.312 e. The molecule has 94 valence electrons. The normalized spacial score (nSPS) is 14.9. The van der Waals surface area contributed by atoms with E-state index in [1.807, 2.05) is 12.1 Å². The van der Waals surface area contributed by atoms with E-state index in [9.17, 15) is 4.79 Å². The lowest BCUT2D eigenvalue weighted by atomic mass is 10.3. The Morgan fingerprint density at radius 2 is 2.00 bits per heavy atom. The van der Waals surface area contributed by atoms with Gasteiger partial charge in [-0.15, -0.1) is 0 Å². The molecule has 5 heteroatoms. The molecule has 0 aliphatic carbocycles. The van der Waals surface area contributed by atoms with Crippen LogP contribution in [0.15, 0.2) is 24.5 Å². The summed E-state index contributed by atoms with van der Waals surface area (Å²) in [6.07, 6.45) is 6.16. The van der Waals surface area contributed by atoms with E-state index < -0.39 is 6.03 Å². The van der Waals surface area contributed by atoms with Crippen LogP contribution >= 0.6 is 0 Å². The van der Waals surface area contributed by atoms with Gasteiger partial charge in [-0.2, -0.15) is 0 Å². The average Bonchev–Trinajstić information content (AvgIpc) is 2.80. The second-order valence-corrected chi connectivity index (χ2v) is 4.08. The number of carbonyl (C=O) groups excluding carboxylic acids is 1. The Morgan fingerprint density at radius 3 is 2.41 bits per heavy atom. The van der Waals surface area contributed by atoms with Gasteiger partial charge in [0.2, 0.25) is 0 Å². The molecule has 0 unspecified atom stereocenters. The largest absolute Gasteiger partial charge is 0.352 e. The van der Waals surface area contributed by atoms with Crippen LogP contribution in [0.3, 0.4) is 0 Å². The summed E-state index contributed by atoms with van der Waals surface area (Å²) in [7, 11) is 2.17. The van der Waals surface area contributed by atoms with Crippen molar-refractivity contribution in [2.24, 2.45) is 5.73 Å². The summed E-state index contributed by atoms with van der Waals surface area (Å²) in [6, 6.07) is 3.12. The van der Waals surface area contributed by atoms with Gasteiger partial charge in [0, 0.05) is 18.9 Å². The number of nitrogens with one attached hydrogen (secondary N) is 1. The third-order valence-electron chi connectivity index (χ3n) is 2.55. The number of aromatic nitrogens is 1. The summed E-state index contributed by atoms with van der Waals surface area (Å²) in [5, 5.41) is 2.47. The first-order valence-electron chi connectivity index (χ1n) is 5.79. The fourth-order valence-electron chi connectivity index (χ4n) is 1.57. The molecular weight excluding hydrogens is 216 g/mol. The number of amides is 2. The van der Waals surface area contributed by atoms with Gasteiger partial charge in [0.1, 0.15) is 0 Å². The van der Waals surface area contributed by atoms with Crippen LogP contribution in [-0.2, 0) is 6.54 Å². The van der Waals surface area contributed by atoms with Crippen molar-refractivity contribution < 1.29 is 4.79 Å². The van der Waals surface area contributed by atoms with E-state index in [1.54, 1.807) is 12.4 Å². The number of primary amides is 1. The first-order valence-corrected chi connectivity index (χ1v) is 5.79. The van der Waals surface area contributed by atoms with Crippen molar-refractivity contribution in [1.82, 2.24) is 15.2 Å². The van der Waals surface area contributed by atoms with Gasteiger partial charge in [-0.3, -0.25) is 4.98 Å². The summed E-state index contributed by atoms with van der Waals surface area (Å²) in [4.78, 5) is 16.5. The first-order chi connectivity index (χ1) is 8.18. The molecule has 2 rings (SSSR count). The van der Waals surface area contributed by atoms with Crippen LogP contribution in [0.2, 0.25) is 0 Å². The lowest BCUT2D eigenvalue weighted by molar-refractivity contribution is 0.248. The molecule has 0 bridgehead atoms. The smallest absolute Gasteiger partial charge is 0.312 e. The second kappa shape index (κ2) is 7.62. The predicted octanol–water partition coefficient (Wildman–Crippen LogP) is 0.962. The molecule has 2 amide bonds. The minimum atomic E-state index is -0.512. The minimum Gasteiger partial charge on any atom is -0.352 e. The van der Waals surface area contributed by atoms with E-state index in [0.717, 1.165) is 5.56 Å². The van der Waals surface area contributed by atoms with E-state index in [0.29, 0.717) is 6.54 Å². The Balaban J connectivity index is 0.000000202. The predicted molar refractivity (Wildman–Crippen MR) is 67.4 cm³/mol. The highest BCUT2D eigenvalue weighted by Crippen LogP contribution is 2.02. The van der Waals surface area contributed by atoms with Crippen LogP contribution in [-0.4, -0.2) is 36.1 Å². The molecule has 5 nitrogen and oxygen atoms in total. The maximum atomic E-state index is 10.3. The third kappa shape index (κ3) is 6.52. The van der Waals surface area contributed by atoms with Crippen LogP contribution < -0.4 is 11.1 Å². The van der Waals surface area contributed by atoms with Crippen molar-refractivity contribution in [2.75, 3.05) is 20.1 Å². The van der Waals surface area contributed by atoms with E-state index >= 15 is 0 Å². The van der Waals surface area contributed by atoms with Crippen molar-refractivity contribution in [1.29, 1.82) is 0 Å². The average molecular weight is 236 g/mol. The van der Waals surface area contributed by atoms with Crippen molar-refractivity contribution in [2.45, 2.75) is 19.4 Å². The fourth-order valence-corrected chi connectivity index (χ4v) is 1.57. The molecule has 2 heterocycles. The van der Waals surface area contributed by atoms with Crippen LogP contribution in [0.1, 0.15) is 18.4 Å². The number of carbonyl (C=O) groups is 1. The minimum absolute atomic E-state index is 0.456. The lowest BCUT2D eigenvalue weighted by Gasteiger charge is -2.01. The van der Waals surface area contributed by atoms with Crippen LogP contribution in [0.25, 0.3) is 0 Å². The van der Waals surface area contributed by atoms with Gasteiger partial charge < -0.3 is 16.0 Å². The molecule has 3 N–H and O–H groups in total. The Kier molecular flexibility index (Phi) is 6.03. The number of hydrogen-bond donors (Lipinski definition) is 2. The highest BCUT2D eigenvalue weighted by atomic mass is 16.2. The number of nitrogens with two attached hydrogens (primary N) is 1.